The van der Waals surface area contributed by atoms with Gasteiger partial charge in [-0.1, -0.05) is 11.6 Å². The summed E-state index contributed by atoms with van der Waals surface area (Å²) in [6, 6.07) is 0. The molecule has 0 aliphatic carbocycles. The largest absolute Gasteiger partial charge is 0.266 e. The number of rotatable bonds is 4. The molecule has 0 atom stereocenters. The fourth-order valence-electron chi connectivity index (χ4n) is 0.563. The summed E-state index contributed by atoms with van der Waals surface area (Å²) in [4.78, 5) is 0. The van der Waals surface area contributed by atoms with E-state index in [1.807, 2.05) is 0 Å². The van der Waals surface area contributed by atoms with Crippen LogP contribution in [-0.2, 0) is 0 Å². The van der Waals surface area contributed by atoms with Crippen LogP contribution in [0.4, 0.5) is 4.39 Å². The van der Waals surface area contributed by atoms with Gasteiger partial charge in [0.15, 0.2) is 0 Å². The number of thiol groups is 1. The van der Waals surface area contributed by atoms with Crippen LogP contribution < -0.4 is 0 Å². The summed E-state index contributed by atoms with van der Waals surface area (Å²) in [5, 5.41) is -1.67. The van der Waals surface area contributed by atoms with Gasteiger partial charge in [-0.3, -0.25) is 4.39 Å². The molecule has 52 valence electrons. The second-order valence-corrected chi connectivity index (χ2v) is 3.08. The first-order chi connectivity index (χ1) is 4.81. The van der Waals surface area contributed by atoms with Crippen molar-refractivity contribution in [1.82, 2.24) is 0 Å². The molecule has 0 heterocycles. The third-order valence-electron chi connectivity index (χ3n) is 1.46. The maximum absolute atomic E-state index is 12.8. The van der Waals surface area contributed by atoms with Crippen LogP contribution in [-0.4, -0.2) is 42.6 Å². The highest BCUT2D eigenvalue weighted by Gasteiger charge is 2.33. The van der Waals surface area contributed by atoms with Gasteiger partial charge in [0.25, 0.3) is 0 Å². The van der Waals surface area contributed by atoms with Crippen molar-refractivity contribution in [3.8, 4) is 0 Å². The van der Waals surface area contributed by atoms with Crippen LogP contribution in [0.15, 0.2) is 0 Å². The topological polar surface area (TPSA) is 0 Å². The molecule has 0 unspecified atom stereocenters. The molecule has 0 saturated heterocycles. The smallest absolute Gasteiger partial charge is 0.105 e. The lowest BCUT2D eigenvalue weighted by Crippen LogP contribution is -2.41. The van der Waals surface area contributed by atoms with Gasteiger partial charge in [0, 0.05) is 5.47 Å². The Morgan fingerprint density at radius 3 is 1.91 bits per heavy atom. The lowest BCUT2D eigenvalue weighted by atomic mass is 9.35. The highest BCUT2D eigenvalue weighted by molar-refractivity contribution is 7.80. The van der Waals surface area contributed by atoms with E-state index >= 15 is 0 Å². The summed E-state index contributed by atoms with van der Waals surface area (Å²) < 4.78 is 12.8. The molecule has 0 aromatic rings. The van der Waals surface area contributed by atoms with Crippen molar-refractivity contribution in [2.75, 3.05) is 5.75 Å². The van der Waals surface area contributed by atoms with Crippen LogP contribution in [0.2, 0.25) is 5.21 Å². The standard InChI is InChI=1S/C5H7B4FS/c6-4(7,2-1-3-11)5(8,9)10/h11H,1-3H2. The Hall–Kier alpha value is 0.540. The zero-order valence-corrected chi connectivity index (χ0v) is 7.15. The van der Waals surface area contributed by atoms with Gasteiger partial charge in [0.1, 0.15) is 15.7 Å². The second-order valence-electron chi connectivity index (χ2n) is 2.64. The van der Waals surface area contributed by atoms with E-state index in [1.54, 1.807) is 0 Å². The van der Waals surface area contributed by atoms with Crippen LogP contribution in [0.1, 0.15) is 12.8 Å². The minimum absolute atomic E-state index is 0.208. The number of hydrogen-bond donors (Lipinski definition) is 1. The van der Waals surface area contributed by atoms with Crippen LogP contribution >= 0.6 is 12.6 Å². The summed E-state index contributed by atoms with van der Waals surface area (Å²) in [5.41, 5.74) is -2.53. The predicted molar refractivity (Wildman–Crippen MR) is 52.6 cm³/mol. The molecule has 0 fully saturated rings. The Bertz CT molecular complexity index is 122. The molecule has 0 aromatic carbocycles. The normalized spacial score (nSPS) is 13.3. The molecule has 0 amide bonds. The SMILES string of the molecule is [B]C([B])(F)C([B])([B])CCCS. The summed E-state index contributed by atoms with van der Waals surface area (Å²) in [5.74, 6) is 0.576. The van der Waals surface area contributed by atoms with E-state index in [-0.39, 0.29) is 6.42 Å². The molecule has 0 aromatic heterocycles. The Morgan fingerprint density at radius 1 is 1.18 bits per heavy atom. The molecule has 0 nitrogen and oxygen atoms in total. The Kier molecular flexibility index (Phi) is 4.17. The van der Waals surface area contributed by atoms with E-state index in [2.05, 4.69) is 12.6 Å². The van der Waals surface area contributed by atoms with Gasteiger partial charge < -0.3 is 0 Å². The molecule has 11 heavy (non-hydrogen) atoms. The lowest BCUT2D eigenvalue weighted by Gasteiger charge is -2.37. The zero-order chi connectivity index (χ0) is 9.12. The molecule has 0 spiro atoms. The third kappa shape index (κ3) is 3.64. The van der Waals surface area contributed by atoms with Crippen LogP contribution in [0.3, 0.4) is 0 Å². The predicted octanol–water partition coefficient (Wildman–Crippen LogP) is 0.110. The number of alkyl halides is 1. The van der Waals surface area contributed by atoms with E-state index in [0.717, 1.165) is 0 Å². The van der Waals surface area contributed by atoms with Crippen molar-refractivity contribution in [1.29, 1.82) is 0 Å². The van der Waals surface area contributed by atoms with Crippen molar-refractivity contribution in [2.24, 2.45) is 0 Å². The molecule has 0 N–H and O–H groups in total. The van der Waals surface area contributed by atoms with E-state index < -0.39 is 10.7 Å². The van der Waals surface area contributed by atoms with Crippen molar-refractivity contribution < 1.29 is 4.39 Å². The van der Waals surface area contributed by atoms with Gasteiger partial charge >= 0.3 is 0 Å². The van der Waals surface area contributed by atoms with Crippen molar-refractivity contribution >= 4 is 44.0 Å². The third-order valence-corrected chi connectivity index (χ3v) is 1.78. The first kappa shape index (κ1) is 11.5. The van der Waals surface area contributed by atoms with Crippen molar-refractivity contribution in [3.05, 3.63) is 0 Å². The van der Waals surface area contributed by atoms with Crippen LogP contribution in [0.5, 0.6) is 0 Å². The minimum atomic E-state index is -2.53. The van der Waals surface area contributed by atoms with E-state index in [0.29, 0.717) is 12.2 Å². The monoisotopic (exact) mass is 162 g/mol. The van der Waals surface area contributed by atoms with E-state index in [9.17, 15) is 4.39 Å². The second kappa shape index (κ2) is 3.97. The Morgan fingerprint density at radius 2 is 1.64 bits per heavy atom. The molecule has 0 saturated carbocycles. The van der Waals surface area contributed by atoms with Gasteiger partial charge in [-0.05, 0) is 12.2 Å². The molecule has 0 aliphatic rings. The molecule has 8 radical (unpaired) electrons. The molecule has 0 bridgehead atoms. The Labute approximate surface area is 78.1 Å². The molecule has 0 rings (SSSR count). The van der Waals surface area contributed by atoms with Gasteiger partial charge in [-0.25, -0.2) is 0 Å². The molecular formula is C5H7B4FS. The summed E-state index contributed by atoms with van der Waals surface area (Å²) in [6.45, 7) is 0. The molecular weight excluding hydrogens is 154 g/mol. The summed E-state index contributed by atoms with van der Waals surface area (Å²) >= 11 is 3.91. The maximum Gasteiger partial charge on any atom is 0.105 e. The van der Waals surface area contributed by atoms with E-state index in [4.69, 9.17) is 31.4 Å². The maximum atomic E-state index is 12.8. The fourth-order valence-corrected chi connectivity index (χ4v) is 0.721. The lowest BCUT2D eigenvalue weighted by molar-refractivity contribution is 0.335. The highest BCUT2D eigenvalue weighted by atomic mass is 32.1. The van der Waals surface area contributed by atoms with Crippen LogP contribution in [0, 0.1) is 0 Å². The van der Waals surface area contributed by atoms with Gasteiger partial charge in [-0.2, -0.15) is 12.6 Å². The molecule has 6 heteroatoms. The zero-order valence-electron chi connectivity index (χ0n) is 6.26. The highest BCUT2D eigenvalue weighted by Crippen LogP contribution is 2.35. The first-order valence-corrected chi connectivity index (χ1v) is 3.90. The number of hydrogen-bond acceptors (Lipinski definition) is 1. The van der Waals surface area contributed by atoms with Gasteiger partial charge in [-0.15, -0.1) is 0 Å². The van der Waals surface area contributed by atoms with Crippen molar-refractivity contribution in [3.63, 3.8) is 0 Å². The van der Waals surface area contributed by atoms with Gasteiger partial charge in [0.05, 0.1) is 15.7 Å². The molecule has 0 aliphatic heterocycles. The summed E-state index contributed by atoms with van der Waals surface area (Å²) in [6.07, 6.45) is 0.788. The Balaban J connectivity index is 4.00. The first-order valence-electron chi connectivity index (χ1n) is 3.26. The van der Waals surface area contributed by atoms with Crippen LogP contribution in [0.25, 0.3) is 0 Å². The fraction of sp³-hybridized carbons (Fsp3) is 1.00. The summed E-state index contributed by atoms with van der Waals surface area (Å²) in [7, 11) is 20.4. The van der Waals surface area contributed by atoms with E-state index in [1.165, 1.54) is 0 Å². The average molecular weight is 161 g/mol. The quantitative estimate of drug-likeness (QED) is 0.439. The minimum Gasteiger partial charge on any atom is -0.266 e. The average Bonchev–Trinajstić information content (AvgIpc) is 1.81. The number of halogens is 1. The van der Waals surface area contributed by atoms with Gasteiger partial charge in [0.2, 0.25) is 0 Å². The van der Waals surface area contributed by atoms with Crippen molar-refractivity contribution in [2.45, 2.75) is 23.5 Å².